The molecule has 8 heteroatoms. The SMILES string of the molecule is Cc1cccc(NC(=O)COc2ccc(/C=C(/C#N)C(=O)Nc3cccc(Cl)c3)cc2Br)c1C. The first-order chi connectivity index (χ1) is 16.3. The van der Waals surface area contributed by atoms with E-state index in [1.165, 1.54) is 6.08 Å². The van der Waals surface area contributed by atoms with Crippen molar-refractivity contribution in [1.29, 1.82) is 5.26 Å². The normalized spacial score (nSPS) is 10.9. The van der Waals surface area contributed by atoms with E-state index < -0.39 is 5.91 Å². The molecule has 34 heavy (non-hydrogen) atoms. The average Bonchev–Trinajstić information content (AvgIpc) is 2.80. The number of rotatable bonds is 7. The topological polar surface area (TPSA) is 91.2 Å². The van der Waals surface area contributed by atoms with Crippen molar-refractivity contribution in [3.8, 4) is 11.8 Å². The molecule has 0 saturated carbocycles. The Morgan fingerprint density at radius 1 is 1.09 bits per heavy atom. The summed E-state index contributed by atoms with van der Waals surface area (Å²) in [5, 5.41) is 15.4. The van der Waals surface area contributed by atoms with Gasteiger partial charge < -0.3 is 15.4 Å². The molecule has 0 radical (unpaired) electrons. The maximum atomic E-state index is 12.5. The molecule has 0 heterocycles. The first kappa shape index (κ1) is 25.0. The Labute approximate surface area is 211 Å². The molecule has 0 aliphatic heterocycles. The lowest BCUT2D eigenvalue weighted by molar-refractivity contribution is -0.118. The Bertz CT molecular complexity index is 1310. The molecule has 0 saturated heterocycles. The Morgan fingerprint density at radius 2 is 1.85 bits per heavy atom. The molecule has 0 spiro atoms. The van der Waals surface area contributed by atoms with Crippen LogP contribution in [-0.2, 0) is 9.59 Å². The van der Waals surface area contributed by atoms with Crippen LogP contribution in [-0.4, -0.2) is 18.4 Å². The van der Waals surface area contributed by atoms with Crippen molar-refractivity contribution in [2.75, 3.05) is 17.2 Å². The number of carbonyl (C=O) groups is 2. The molecule has 2 amide bonds. The van der Waals surface area contributed by atoms with Crippen LogP contribution in [0.25, 0.3) is 6.08 Å². The fourth-order valence-electron chi connectivity index (χ4n) is 3.02. The van der Waals surface area contributed by atoms with E-state index in [-0.39, 0.29) is 18.1 Å². The lowest BCUT2D eigenvalue weighted by Gasteiger charge is -2.12. The standard InChI is InChI=1S/C26H21BrClN3O3/c1-16-5-3-8-23(17(16)2)31-25(32)15-34-24-10-9-18(12-22(24)27)11-19(14-29)26(33)30-21-7-4-6-20(28)13-21/h3-13H,15H2,1-2H3,(H,30,33)(H,31,32)/b19-11-. The number of hydrogen-bond donors (Lipinski definition) is 2. The van der Waals surface area contributed by atoms with Crippen LogP contribution in [0.2, 0.25) is 5.02 Å². The lowest BCUT2D eigenvalue weighted by atomic mass is 10.1. The first-order valence-electron chi connectivity index (χ1n) is 10.2. The van der Waals surface area contributed by atoms with Gasteiger partial charge in [0.05, 0.1) is 4.47 Å². The Balaban J connectivity index is 1.64. The summed E-state index contributed by atoms with van der Waals surface area (Å²) in [5.41, 5.74) is 3.85. The Kier molecular flexibility index (Phi) is 8.47. The molecule has 0 aromatic heterocycles. The second-order valence-electron chi connectivity index (χ2n) is 7.41. The summed E-state index contributed by atoms with van der Waals surface area (Å²) in [6.45, 7) is 3.75. The maximum absolute atomic E-state index is 12.5. The highest BCUT2D eigenvalue weighted by atomic mass is 79.9. The van der Waals surface area contributed by atoms with E-state index in [2.05, 4.69) is 26.6 Å². The summed E-state index contributed by atoms with van der Waals surface area (Å²) in [6, 6.07) is 19.3. The van der Waals surface area contributed by atoms with Crippen molar-refractivity contribution in [2.24, 2.45) is 0 Å². The summed E-state index contributed by atoms with van der Waals surface area (Å²) in [7, 11) is 0. The van der Waals surface area contributed by atoms with E-state index >= 15 is 0 Å². The van der Waals surface area contributed by atoms with Gasteiger partial charge in [0.25, 0.3) is 11.8 Å². The van der Waals surface area contributed by atoms with Crippen molar-refractivity contribution >= 4 is 56.8 Å². The largest absolute Gasteiger partial charge is 0.483 e. The number of carbonyl (C=O) groups excluding carboxylic acids is 2. The van der Waals surface area contributed by atoms with Crippen molar-refractivity contribution in [3.63, 3.8) is 0 Å². The highest BCUT2D eigenvalue weighted by Crippen LogP contribution is 2.27. The quantitative estimate of drug-likeness (QED) is 0.273. The summed E-state index contributed by atoms with van der Waals surface area (Å²) < 4.78 is 6.21. The van der Waals surface area contributed by atoms with Crippen molar-refractivity contribution in [2.45, 2.75) is 13.8 Å². The molecule has 0 unspecified atom stereocenters. The molecule has 3 aromatic carbocycles. The molecule has 3 aromatic rings. The van der Waals surface area contributed by atoms with Gasteiger partial charge in [-0.25, -0.2) is 0 Å². The minimum atomic E-state index is -0.552. The Hall–Kier alpha value is -3.60. The van der Waals surface area contributed by atoms with Gasteiger partial charge in [-0.15, -0.1) is 0 Å². The van der Waals surface area contributed by atoms with Crippen LogP contribution in [0.1, 0.15) is 16.7 Å². The highest BCUT2D eigenvalue weighted by molar-refractivity contribution is 9.10. The molecule has 3 rings (SSSR count). The number of benzene rings is 3. The molecule has 6 nitrogen and oxygen atoms in total. The zero-order valence-corrected chi connectivity index (χ0v) is 20.8. The second-order valence-corrected chi connectivity index (χ2v) is 8.70. The second kappa shape index (κ2) is 11.5. The van der Waals surface area contributed by atoms with Gasteiger partial charge in [0, 0.05) is 16.4 Å². The average molecular weight is 539 g/mol. The fraction of sp³-hybridized carbons (Fsp3) is 0.115. The molecule has 2 N–H and O–H groups in total. The number of halogens is 2. The van der Waals surface area contributed by atoms with Gasteiger partial charge in [-0.1, -0.05) is 35.9 Å². The molecule has 0 bridgehead atoms. The Morgan fingerprint density at radius 3 is 2.56 bits per heavy atom. The first-order valence-corrected chi connectivity index (χ1v) is 11.4. The third-order valence-corrected chi connectivity index (χ3v) is 5.81. The monoisotopic (exact) mass is 537 g/mol. The van der Waals surface area contributed by atoms with Gasteiger partial charge in [-0.05, 0) is 88.9 Å². The third kappa shape index (κ3) is 6.70. The summed E-state index contributed by atoms with van der Waals surface area (Å²) >= 11 is 9.34. The number of ether oxygens (including phenoxy) is 1. The maximum Gasteiger partial charge on any atom is 0.266 e. The molecule has 0 atom stereocenters. The fourth-order valence-corrected chi connectivity index (χ4v) is 3.72. The van der Waals surface area contributed by atoms with Crippen LogP contribution in [0.15, 0.2) is 70.7 Å². The predicted molar refractivity (Wildman–Crippen MR) is 138 cm³/mol. The van der Waals surface area contributed by atoms with Crippen molar-refractivity contribution in [1.82, 2.24) is 0 Å². The molecular weight excluding hydrogens is 518 g/mol. The van der Waals surface area contributed by atoms with E-state index in [1.54, 1.807) is 42.5 Å². The number of nitrogens with one attached hydrogen (secondary N) is 2. The van der Waals surface area contributed by atoms with Gasteiger partial charge in [0.2, 0.25) is 0 Å². The third-order valence-electron chi connectivity index (χ3n) is 4.95. The number of nitrogens with zero attached hydrogens (tertiary/aromatic N) is 1. The van der Waals surface area contributed by atoms with Crippen LogP contribution in [0, 0.1) is 25.2 Å². The molecule has 0 aliphatic rings. The van der Waals surface area contributed by atoms with Gasteiger partial charge in [-0.2, -0.15) is 5.26 Å². The van der Waals surface area contributed by atoms with Crippen LogP contribution in [0.4, 0.5) is 11.4 Å². The summed E-state index contributed by atoms with van der Waals surface area (Å²) in [4.78, 5) is 24.8. The lowest BCUT2D eigenvalue weighted by Crippen LogP contribution is -2.20. The zero-order chi connectivity index (χ0) is 24.7. The minimum Gasteiger partial charge on any atom is -0.483 e. The number of amides is 2. The van der Waals surface area contributed by atoms with Gasteiger partial charge in [-0.3, -0.25) is 9.59 Å². The zero-order valence-electron chi connectivity index (χ0n) is 18.5. The number of aryl methyl sites for hydroxylation is 1. The van der Waals surface area contributed by atoms with Crippen LogP contribution in [0.3, 0.4) is 0 Å². The molecule has 0 fully saturated rings. The van der Waals surface area contributed by atoms with Gasteiger partial charge in [0.15, 0.2) is 6.61 Å². The minimum absolute atomic E-state index is 0.0755. The molecular formula is C26H21BrClN3O3. The van der Waals surface area contributed by atoms with Crippen molar-refractivity contribution in [3.05, 3.63) is 92.4 Å². The van der Waals surface area contributed by atoms with E-state index in [4.69, 9.17) is 16.3 Å². The van der Waals surface area contributed by atoms with Gasteiger partial charge >= 0.3 is 0 Å². The number of hydrogen-bond acceptors (Lipinski definition) is 4. The van der Waals surface area contributed by atoms with Crippen LogP contribution in [0.5, 0.6) is 5.75 Å². The van der Waals surface area contributed by atoms with Gasteiger partial charge in [0.1, 0.15) is 17.4 Å². The molecule has 0 aliphatic carbocycles. The van der Waals surface area contributed by atoms with E-state index in [0.717, 1.165) is 16.8 Å². The summed E-state index contributed by atoms with van der Waals surface area (Å²) in [6.07, 6.45) is 1.46. The van der Waals surface area contributed by atoms with E-state index in [1.807, 2.05) is 38.1 Å². The highest BCUT2D eigenvalue weighted by Gasteiger charge is 2.12. The summed E-state index contributed by atoms with van der Waals surface area (Å²) in [5.74, 6) is -0.381. The number of nitriles is 1. The smallest absolute Gasteiger partial charge is 0.266 e. The van der Waals surface area contributed by atoms with E-state index in [9.17, 15) is 14.9 Å². The van der Waals surface area contributed by atoms with Crippen LogP contribution >= 0.6 is 27.5 Å². The number of anilines is 2. The van der Waals surface area contributed by atoms with Crippen LogP contribution < -0.4 is 15.4 Å². The predicted octanol–water partition coefficient (Wildman–Crippen LogP) is 6.28. The molecule has 172 valence electrons. The van der Waals surface area contributed by atoms with Crippen molar-refractivity contribution < 1.29 is 14.3 Å². The van der Waals surface area contributed by atoms with E-state index in [0.29, 0.717) is 26.5 Å².